The SMILES string of the molecule is CN(C)c1ccc(NC(=O)c2cc(-c3ccc4c(c3)OCO4)nc3ccccc23)cc1. The topological polar surface area (TPSA) is 63.7 Å². The summed E-state index contributed by atoms with van der Waals surface area (Å²) in [5.74, 6) is 1.21. The van der Waals surface area contributed by atoms with Gasteiger partial charge >= 0.3 is 0 Å². The average Bonchev–Trinajstić information content (AvgIpc) is 3.26. The fraction of sp³-hybridized carbons (Fsp3) is 0.120. The number of carbonyl (C=O) groups is 1. The molecule has 6 nitrogen and oxygen atoms in total. The van der Waals surface area contributed by atoms with Crippen LogP contribution in [0, 0.1) is 0 Å². The summed E-state index contributed by atoms with van der Waals surface area (Å²) in [4.78, 5) is 20.0. The molecule has 31 heavy (non-hydrogen) atoms. The van der Waals surface area contributed by atoms with Crippen LogP contribution in [0.25, 0.3) is 22.2 Å². The number of anilines is 2. The minimum atomic E-state index is -0.182. The first kappa shape index (κ1) is 18.9. The van der Waals surface area contributed by atoms with Gasteiger partial charge in [0.25, 0.3) is 5.91 Å². The number of benzene rings is 3. The third-order valence-electron chi connectivity index (χ3n) is 5.27. The number of pyridine rings is 1. The van der Waals surface area contributed by atoms with Crippen LogP contribution in [0.4, 0.5) is 11.4 Å². The van der Waals surface area contributed by atoms with E-state index in [1.54, 1.807) is 0 Å². The Kier molecular flexibility index (Phi) is 4.67. The van der Waals surface area contributed by atoms with Crippen LogP contribution < -0.4 is 19.7 Å². The Labute approximate surface area is 180 Å². The van der Waals surface area contributed by atoms with Crippen molar-refractivity contribution >= 4 is 28.2 Å². The molecule has 0 radical (unpaired) electrons. The number of ether oxygens (including phenoxy) is 2. The number of para-hydroxylation sites is 1. The second kappa shape index (κ2) is 7.65. The largest absolute Gasteiger partial charge is 0.454 e. The highest BCUT2D eigenvalue weighted by molar-refractivity contribution is 6.13. The number of nitrogens with zero attached hydrogens (tertiary/aromatic N) is 2. The predicted molar refractivity (Wildman–Crippen MR) is 122 cm³/mol. The summed E-state index contributed by atoms with van der Waals surface area (Å²) >= 11 is 0. The molecule has 4 aromatic rings. The Morgan fingerprint density at radius 3 is 2.52 bits per heavy atom. The van der Waals surface area contributed by atoms with Crippen molar-refractivity contribution in [2.75, 3.05) is 31.1 Å². The molecule has 2 heterocycles. The summed E-state index contributed by atoms with van der Waals surface area (Å²) in [5.41, 5.74) is 4.68. The van der Waals surface area contributed by atoms with E-state index in [2.05, 4.69) is 5.32 Å². The summed E-state index contributed by atoms with van der Waals surface area (Å²) in [5, 5.41) is 3.81. The van der Waals surface area contributed by atoms with Crippen LogP contribution in [-0.4, -0.2) is 31.8 Å². The molecule has 0 spiro atoms. The molecule has 1 aromatic heterocycles. The lowest BCUT2D eigenvalue weighted by molar-refractivity contribution is 0.102. The quantitative estimate of drug-likeness (QED) is 0.515. The second-order valence-corrected chi connectivity index (χ2v) is 7.54. The van der Waals surface area contributed by atoms with E-state index in [4.69, 9.17) is 14.5 Å². The van der Waals surface area contributed by atoms with E-state index in [-0.39, 0.29) is 12.7 Å². The molecule has 0 saturated heterocycles. The van der Waals surface area contributed by atoms with Crippen LogP contribution in [0.2, 0.25) is 0 Å². The molecule has 0 unspecified atom stereocenters. The van der Waals surface area contributed by atoms with Gasteiger partial charge in [0.15, 0.2) is 11.5 Å². The molecule has 1 amide bonds. The van der Waals surface area contributed by atoms with Gasteiger partial charge in [0.2, 0.25) is 6.79 Å². The molecule has 0 fully saturated rings. The second-order valence-electron chi connectivity index (χ2n) is 7.54. The van der Waals surface area contributed by atoms with Gasteiger partial charge in [0.05, 0.1) is 16.8 Å². The van der Waals surface area contributed by atoms with E-state index < -0.39 is 0 Å². The maximum Gasteiger partial charge on any atom is 0.256 e. The summed E-state index contributed by atoms with van der Waals surface area (Å²) in [6, 6.07) is 22.9. The Balaban J connectivity index is 1.53. The standard InChI is InChI=1S/C25H21N3O3/c1-28(2)18-10-8-17(9-11-18)26-25(29)20-14-22(27-21-6-4-3-5-19(20)21)16-7-12-23-24(13-16)31-15-30-23/h3-14H,15H2,1-2H3,(H,26,29). The highest BCUT2D eigenvalue weighted by atomic mass is 16.7. The van der Waals surface area contributed by atoms with Crippen LogP contribution in [0.3, 0.4) is 0 Å². The van der Waals surface area contributed by atoms with Gasteiger partial charge in [-0.3, -0.25) is 4.79 Å². The zero-order valence-corrected chi connectivity index (χ0v) is 17.3. The van der Waals surface area contributed by atoms with Gasteiger partial charge in [-0.1, -0.05) is 18.2 Å². The van der Waals surface area contributed by atoms with Gasteiger partial charge < -0.3 is 19.7 Å². The maximum atomic E-state index is 13.2. The van der Waals surface area contributed by atoms with Crippen molar-refractivity contribution < 1.29 is 14.3 Å². The van der Waals surface area contributed by atoms with E-state index in [9.17, 15) is 4.79 Å². The van der Waals surface area contributed by atoms with Gasteiger partial charge in [0.1, 0.15) is 0 Å². The highest BCUT2D eigenvalue weighted by Crippen LogP contribution is 2.36. The average molecular weight is 411 g/mol. The normalized spacial score (nSPS) is 12.1. The number of carbonyl (C=O) groups excluding carboxylic acids is 1. The Morgan fingerprint density at radius 1 is 0.935 bits per heavy atom. The number of aromatic nitrogens is 1. The summed E-state index contributed by atoms with van der Waals surface area (Å²) in [7, 11) is 3.96. The molecule has 3 aromatic carbocycles. The lowest BCUT2D eigenvalue weighted by Crippen LogP contribution is -2.13. The fourth-order valence-corrected chi connectivity index (χ4v) is 3.61. The van der Waals surface area contributed by atoms with Gasteiger partial charge in [-0.15, -0.1) is 0 Å². The van der Waals surface area contributed by atoms with Gasteiger partial charge in [-0.05, 0) is 54.6 Å². The van der Waals surface area contributed by atoms with Crippen molar-refractivity contribution in [1.82, 2.24) is 4.98 Å². The van der Waals surface area contributed by atoms with Crippen molar-refractivity contribution in [3.05, 3.63) is 78.4 Å². The predicted octanol–water partition coefficient (Wildman–Crippen LogP) is 4.95. The number of hydrogen-bond acceptors (Lipinski definition) is 5. The first-order chi connectivity index (χ1) is 15.1. The lowest BCUT2D eigenvalue weighted by atomic mass is 10.0. The number of nitrogens with one attached hydrogen (secondary N) is 1. The molecular formula is C25H21N3O3. The molecular weight excluding hydrogens is 390 g/mol. The van der Waals surface area contributed by atoms with Crippen molar-refractivity contribution in [3.8, 4) is 22.8 Å². The lowest BCUT2D eigenvalue weighted by Gasteiger charge is -2.14. The number of fused-ring (bicyclic) bond motifs is 2. The number of rotatable bonds is 4. The van der Waals surface area contributed by atoms with E-state index in [0.717, 1.165) is 27.8 Å². The summed E-state index contributed by atoms with van der Waals surface area (Å²) in [6.45, 7) is 0.213. The fourth-order valence-electron chi connectivity index (χ4n) is 3.61. The summed E-state index contributed by atoms with van der Waals surface area (Å²) in [6.07, 6.45) is 0. The van der Waals surface area contributed by atoms with Gasteiger partial charge in [0, 0.05) is 36.4 Å². The zero-order valence-electron chi connectivity index (χ0n) is 17.3. The summed E-state index contributed by atoms with van der Waals surface area (Å²) < 4.78 is 10.9. The number of amides is 1. The smallest absolute Gasteiger partial charge is 0.256 e. The van der Waals surface area contributed by atoms with Crippen molar-refractivity contribution in [3.63, 3.8) is 0 Å². The molecule has 5 rings (SSSR count). The molecule has 0 bridgehead atoms. The first-order valence-corrected chi connectivity index (χ1v) is 9.97. The molecule has 1 aliphatic rings. The van der Waals surface area contributed by atoms with E-state index >= 15 is 0 Å². The van der Waals surface area contributed by atoms with Crippen LogP contribution in [0.5, 0.6) is 11.5 Å². The molecule has 154 valence electrons. The van der Waals surface area contributed by atoms with Crippen molar-refractivity contribution in [2.24, 2.45) is 0 Å². The zero-order chi connectivity index (χ0) is 21.4. The van der Waals surface area contributed by atoms with E-state index in [0.29, 0.717) is 22.8 Å². The van der Waals surface area contributed by atoms with Crippen LogP contribution >= 0.6 is 0 Å². The van der Waals surface area contributed by atoms with Crippen LogP contribution in [-0.2, 0) is 0 Å². The minimum absolute atomic E-state index is 0.182. The maximum absolute atomic E-state index is 13.2. The molecule has 1 N–H and O–H groups in total. The highest BCUT2D eigenvalue weighted by Gasteiger charge is 2.17. The van der Waals surface area contributed by atoms with Crippen molar-refractivity contribution in [1.29, 1.82) is 0 Å². The molecule has 0 saturated carbocycles. The van der Waals surface area contributed by atoms with Gasteiger partial charge in [-0.2, -0.15) is 0 Å². The van der Waals surface area contributed by atoms with Gasteiger partial charge in [-0.25, -0.2) is 4.98 Å². The van der Waals surface area contributed by atoms with E-state index in [1.165, 1.54) is 0 Å². The Morgan fingerprint density at radius 2 is 1.71 bits per heavy atom. The molecule has 1 aliphatic heterocycles. The Hall–Kier alpha value is -4.06. The van der Waals surface area contributed by atoms with Crippen molar-refractivity contribution in [2.45, 2.75) is 0 Å². The number of hydrogen-bond donors (Lipinski definition) is 1. The molecule has 0 atom stereocenters. The van der Waals surface area contributed by atoms with E-state index in [1.807, 2.05) is 91.8 Å². The molecule has 0 aliphatic carbocycles. The molecule has 6 heteroatoms. The van der Waals surface area contributed by atoms with Crippen LogP contribution in [0.1, 0.15) is 10.4 Å². The third kappa shape index (κ3) is 3.64. The monoisotopic (exact) mass is 411 g/mol. The Bertz CT molecular complexity index is 1280. The third-order valence-corrected chi connectivity index (χ3v) is 5.27. The minimum Gasteiger partial charge on any atom is -0.454 e. The van der Waals surface area contributed by atoms with Crippen LogP contribution in [0.15, 0.2) is 72.8 Å². The first-order valence-electron chi connectivity index (χ1n) is 9.97.